The summed E-state index contributed by atoms with van der Waals surface area (Å²) in [6.45, 7) is 6.77. The molecule has 0 aromatic heterocycles. The fraction of sp³-hybridized carbons (Fsp3) is 1.00. The normalized spacial score (nSPS) is 33.6. The summed E-state index contributed by atoms with van der Waals surface area (Å²) in [7, 11) is 2.26. The Balaban J connectivity index is 2.38. The van der Waals surface area contributed by atoms with Gasteiger partial charge in [-0.15, -0.1) is 0 Å². The molecule has 0 aromatic rings. The van der Waals surface area contributed by atoms with E-state index >= 15 is 0 Å². The van der Waals surface area contributed by atoms with E-state index < -0.39 is 0 Å². The summed E-state index contributed by atoms with van der Waals surface area (Å²) in [5.74, 6) is 1.78. The second-order valence-electron chi connectivity index (χ2n) is 5.09. The monoisotopic (exact) mass is 198 g/mol. The molecule has 14 heavy (non-hydrogen) atoms. The molecular formula is C12H26N2. The van der Waals surface area contributed by atoms with Gasteiger partial charge in [-0.05, 0) is 51.2 Å². The third kappa shape index (κ3) is 3.25. The summed E-state index contributed by atoms with van der Waals surface area (Å²) in [6, 6.07) is 0.797. The topological polar surface area (TPSA) is 29.3 Å². The van der Waals surface area contributed by atoms with Gasteiger partial charge in [0.05, 0.1) is 0 Å². The van der Waals surface area contributed by atoms with Crippen LogP contribution in [0, 0.1) is 11.8 Å². The van der Waals surface area contributed by atoms with Crippen LogP contribution in [0.3, 0.4) is 0 Å². The van der Waals surface area contributed by atoms with E-state index in [0.717, 1.165) is 37.4 Å². The number of rotatable bonds is 4. The van der Waals surface area contributed by atoms with Crippen LogP contribution in [-0.4, -0.2) is 31.1 Å². The van der Waals surface area contributed by atoms with Crippen LogP contribution in [0.4, 0.5) is 0 Å². The van der Waals surface area contributed by atoms with Crippen molar-refractivity contribution in [1.29, 1.82) is 0 Å². The lowest BCUT2D eigenvalue weighted by atomic mass is 9.79. The Morgan fingerprint density at radius 1 is 1.29 bits per heavy atom. The molecule has 3 unspecified atom stereocenters. The van der Waals surface area contributed by atoms with Crippen LogP contribution in [0.5, 0.6) is 0 Å². The maximum Gasteiger partial charge on any atom is 0.0120 e. The highest BCUT2D eigenvalue weighted by atomic mass is 15.1. The Morgan fingerprint density at radius 3 is 2.64 bits per heavy atom. The molecule has 1 fully saturated rings. The first kappa shape index (κ1) is 12.0. The molecule has 2 heteroatoms. The molecule has 1 saturated carbocycles. The van der Waals surface area contributed by atoms with Gasteiger partial charge in [0.2, 0.25) is 0 Å². The third-order valence-electron chi connectivity index (χ3n) is 3.70. The molecule has 0 radical (unpaired) electrons. The molecule has 0 heterocycles. The van der Waals surface area contributed by atoms with Gasteiger partial charge in [0.15, 0.2) is 0 Å². The smallest absolute Gasteiger partial charge is 0.0120 e. The van der Waals surface area contributed by atoms with E-state index in [1.807, 2.05) is 0 Å². The molecule has 0 saturated heterocycles. The van der Waals surface area contributed by atoms with Gasteiger partial charge in [-0.1, -0.05) is 20.3 Å². The lowest BCUT2D eigenvalue weighted by Gasteiger charge is -2.39. The second-order valence-corrected chi connectivity index (χ2v) is 5.09. The zero-order valence-electron chi connectivity index (χ0n) is 10.00. The lowest BCUT2D eigenvalue weighted by Crippen LogP contribution is -2.41. The molecule has 0 aliphatic heterocycles. The Morgan fingerprint density at radius 2 is 2.00 bits per heavy atom. The number of nitrogens with zero attached hydrogens (tertiary/aromatic N) is 1. The molecule has 1 aliphatic rings. The fourth-order valence-electron chi connectivity index (χ4n) is 2.62. The van der Waals surface area contributed by atoms with E-state index in [9.17, 15) is 0 Å². The third-order valence-corrected chi connectivity index (χ3v) is 3.70. The van der Waals surface area contributed by atoms with Crippen molar-refractivity contribution in [3.8, 4) is 0 Å². The highest BCUT2D eigenvalue weighted by molar-refractivity contribution is 4.82. The first-order chi connectivity index (χ1) is 6.65. The number of hydrogen-bond acceptors (Lipinski definition) is 2. The fourth-order valence-corrected chi connectivity index (χ4v) is 2.62. The molecule has 1 rings (SSSR count). The van der Waals surface area contributed by atoms with Crippen LogP contribution < -0.4 is 5.73 Å². The standard InChI is InChI=1S/C12H26N2/c1-10-5-6-11(2)12(9-10)14(3)8-4-7-13/h10-12H,4-9,13H2,1-3H3. The van der Waals surface area contributed by atoms with Gasteiger partial charge in [-0.3, -0.25) is 0 Å². The minimum atomic E-state index is 0.797. The van der Waals surface area contributed by atoms with E-state index in [2.05, 4.69) is 25.8 Å². The Kier molecular flexibility index (Phi) is 4.90. The van der Waals surface area contributed by atoms with Crippen molar-refractivity contribution in [1.82, 2.24) is 4.90 Å². The van der Waals surface area contributed by atoms with Gasteiger partial charge < -0.3 is 10.6 Å². The quantitative estimate of drug-likeness (QED) is 0.749. The van der Waals surface area contributed by atoms with E-state index in [-0.39, 0.29) is 0 Å². The van der Waals surface area contributed by atoms with Gasteiger partial charge >= 0.3 is 0 Å². The Hall–Kier alpha value is -0.0800. The maximum atomic E-state index is 5.54. The van der Waals surface area contributed by atoms with Crippen molar-refractivity contribution in [3.63, 3.8) is 0 Å². The van der Waals surface area contributed by atoms with Gasteiger partial charge in [-0.2, -0.15) is 0 Å². The first-order valence-corrected chi connectivity index (χ1v) is 6.05. The zero-order chi connectivity index (χ0) is 10.6. The van der Waals surface area contributed by atoms with Crippen molar-refractivity contribution in [3.05, 3.63) is 0 Å². The summed E-state index contributed by atoms with van der Waals surface area (Å²) in [5, 5.41) is 0. The van der Waals surface area contributed by atoms with Gasteiger partial charge in [0.1, 0.15) is 0 Å². The second kappa shape index (κ2) is 5.72. The van der Waals surface area contributed by atoms with Crippen LogP contribution in [0.2, 0.25) is 0 Å². The van der Waals surface area contributed by atoms with E-state index in [0.29, 0.717) is 0 Å². The molecule has 2 N–H and O–H groups in total. The molecule has 2 nitrogen and oxygen atoms in total. The van der Waals surface area contributed by atoms with Crippen LogP contribution in [0.25, 0.3) is 0 Å². The predicted molar refractivity (Wildman–Crippen MR) is 62.3 cm³/mol. The molecule has 84 valence electrons. The maximum absolute atomic E-state index is 5.54. The average Bonchev–Trinajstić information content (AvgIpc) is 2.18. The molecular weight excluding hydrogens is 172 g/mol. The van der Waals surface area contributed by atoms with Crippen molar-refractivity contribution in [2.24, 2.45) is 17.6 Å². The Bertz CT molecular complexity index is 158. The molecule has 3 atom stereocenters. The van der Waals surface area contributed by atoms with E-state index in [1.165, 1.54) is 19.3 Å². The predicted octanol–water partition coefficient (Wildman–Crippen LogP) is 2.09. The van der Waals surface area contributed by atoms with Crippen molar-refractivity contribution in [2.45, 2.75) is 45.6 Å². The summed E-state index contributed by atoms with van der Waals surface area (Å²) < 4.78 is 0. The van der Waals surface area contributed by atoms with Crippen LogP contribution in [-0.2, 0) is 0 Å². The van der Waals surface area contributed by atoms with Crippen LogP contribution in [0.1, 0.15) is 39.5 Å². The zero-order valence-corrected chi connectivity index (χ0v) is 10.00. The van der Waals surface area contributed by atoms with Crippen molar-refractivity contribution < 1.29 is 0 Å². The van der Waals surface area contributed by atoms with Gasteiger partial charge in [0, 0.05) is 6.04 Å². The molecule has 0 bridgehead atoms. The molecule has 1 aliphatic carbocycles. The Labute approximate surface area is 88.8 Å². The highest BCUT2D eigenvalue weighted by Crippen LogP contribution is 2.31. The molecule has 0 amide bonds. The first-order valence-electron chi connectivity index (χ1n) is 6.05. The minimum absolute atomic E-state index is 0.797. The van der Waals surface area contributed by atoms with Crippen LogP contribution in [0.15, 0.2) is 0 Å². The minimum Gasteiger partial charge on any atom is -0.330 e. The lowest BCUT2D eigenvalue weighted by molar-refractivity contribution is 0.113. The summed E-state index contributed by atoms with van der Waals surface area (Å²) in [6.07, 6.45) is 5.33. The van der Waals surface area contributed by atoms with Gasteiger partial charge in [-0.25, -0.2) is 0 Å². The van der Waals surface area contributed by atoms with Crippen LogP contribution >= 0.6 is 0 Å². The SMILES string of the molecule is CC1CCC(C)C(N(C)CCCN)C1. The van der Waals surface area contributed by atoms with Crippen molar-refractivity contribution in [2.75, 3.05) is 20.1 Å². The average molecular weight is 198 g/mol. The largest absolute Gasteiger partial charge is 0.330 e. The summed E-state index contributed by atoms with van der Waals surface area (Å²) in [5.41, 5.74) is 5.54. The number of hydrogen-bond donors (Lipinski definition) is 1. The summed E-state index contributed by atoms with van der Waals surface area (Å²) in [4.78, 5) is 2.52. The van der Waals surface area contributed by atoms with E-state index in [4.69, 9.17) is 5.73 Å². The van der Waals surface area contributed by atoms with E-state index in [1.54, 1.807) is 0 Å². The highest BCUT2D eigenvalue weighted by Gasteiger charge is 2.27. The number of nitrogens with two attached hydrogens (primary N) is 1. The van der Waals surface area contributed by atoms with Gasteiger partial charge in [0.25, 0.3) is 0 Å². The molecule has 0 aromatic carbocycles. The van der Waals surface area contributed by atoms with Crippen molar-refractivity contribution >= 4 is 0 Å². The molecule has 0 spiro atoms. The summed E-state index contributed by atoms with van der Waals surface area (Å²) >= 11 is 0.